The van der Waals surface area contributed by atoms with E-state index in [1.807, 2.05) is 13.8 Å². The van der Waals surface area contributed by atoms with Crippen molar-refractivity contribution in [3.63, 3.8) is 0 Å². The molecule has 0 aromatic heterocycles. The van der Waals surface area contributed by atoms with Crippen LogP contribution in [-0.2, 0) is 17.8 Å². The Balaban J connectivity index is 2.04. The van der Waals surface area contributed by atoms with E-state index in [1.165, 1.54) is 11.1 Å². The van der Waals surface area contributed by atoms with Gasteiger partial charge in [0.25, 0.3) is 0 Å². The van der Waals surface area contributed by atoms with E-state index >= 15 is 0 Å². The molecule has 0 fully saturated rings. The summed E-state index contributed by atoms with van der Waals surface area (Å²) >= 11 is 0. The molecule has 1 aliphatic heterocycles. The van der Waals surface area contributed by atoms with Crippen molar-refractivity contribution in [1.29, 1.82) is 0 Å². The molecule has 0 spiro atoms. The monoisotopic (exact) mass is 276 g/mol. The first-order valence-electron chi connectivity index (χ1n) is 7.34. The Morgan fingerprint density at radius 3 is 2.70 bits per heavy atom. The molecule has 4 nitrogen and oxygen atoms in total. The molecule has 1 unspecified atom stereocenters. The second-order valence-corrected chi connectivity index (χ2v) is 5.82. The lowest BCUT2D eigenvalue weighted by Gasteiger charge is -2.26. The summed E-state index contributed by atoms with van der Waals surface area (Å²) in [5.74, 6) is -0.767. The minimum Gasteiger partial charge on any atom is -0.480 e. The van der Waals surface area contributed by atoms with E-state index in [1.54, 1.807) is 0 Å². The van der Waals surface area contributed by atoms with Gasteiger partial charge in [0.1, 0.15) is 6.04 Å². The van der Waals surface area contributed by atoms with Crippen LogP contribution in [0.5, 0.6) is 0 Å². The van der Waals surface area contributed by atoms with E-state index in [0.29, 0.717) is 6.54 Å². The highest BCUT2D eigenvalue weighted by Gasteiger charge is 2.23. The van der Waals surface area contributed by atoms with Crippen molar-refractivity contribution in [2.45, 2.75) is 45.3 Å². The number of nitrogens with zero attached hydrogens (tertiary/aromatic N) is 1. The highest BCUT2D eigenvalue weighted by Crippen LogP contribution is 2.18. The number of benzene rings is 1. The molecule has 2 rings (SSSR count). The summed E-state index contributed by atoms with van der Waals surface area (Å²) in [6, 6.07) is 8.15. The smallest absolute Gasteiger partial charge is 0.322 e. The molecular formula is C16H24N2O2. The summed E-state index contributed by atoms with van der Waals surface area (Å²) in [5.41, 5.74) is 2.73. The summed E-state index contributed by atoms with van der Waals surface area (Å²) in [6.45, 7) is 6.32. The third-order valence-corrected chi connectivity index (χ3v) is 3.71. The first-order chi connectivity index (χ1) is 9.56. The van der Waals surface area contributed by atoms with Gasteiger partial charge in [0.05, 0.1) is 0 Å². The summed E-state index contributed by atoms with van der Waals surface area (Å²) < 4.78 is 0. The van der Waals surface area contributed by atoms with Gasteiger partial charge in [-0.3, -0.25) is 9.69 Å². The van der Waals surface area contributed by atoms with E-state index in [9.17, 15) is 9.90 Å². The van der Waals surface area contributed by atoms with Gasteiger partial charge in [-0.05, 0) is 30.5 Å². The zero-order chi connectivity index (χ0) is 14.5. The summed E-state index contributed by atoms with van der Waals surface area (Å²) in [5, 5.41) is 12.5. The molecule has 0 radical (unpaired) electrons. The predicted octanol–water partition coefficient (Wildman–Crippen LogP) is 1.89. The molecule has 4 heteroatoms. The van der Waals surface area contributed by atoms with E-state index in [4.69, 9.17) is 0 Å². The van der Waals surface area contributed by atoms with Crippen molar-refractivity contribution in [3.05, 3.63) is 35.4 Å². The van der Waals surface area contributed by atoms with Crippen LogP contribution in [0.25, 0.3) is 0 Å². The fraction of sp³-hybridized carbons (Fsp3) is 0.562. The molecule has 0 amide bonds. The third-order valence-electron chi connectivity index (χ3n) is 3.71. The number of aryl methyl sites for hydroxylation is 1. The van der Waals surface area contributed by atoms with Gasteiger partial charge >= 0.3 is 5.97 Å². The largest absolute Gasteiger partial charge is 0.480 e. The first kappa shape index (κ1) is 15.0. The zero-order valence-corrected chi connectivity index (χ0v) is 12.3. The second kappa shape index (κ2) is 6.86. The van der Waals surface area contributed by atoms with E-state index in [2.05, 4.69) is 34.5 Å². The van der Waals surface area contributed by atoms with Crippen LogP contribution in [0.1, 0.15) is 31.4 Å². The molecule has 0 bridgehead atoms. The minimum atomic E-state index is -0.767. The normalized spacial score (nSPS) is 17.6. The average Bonchev–Trinajstić information content (AvgIpc) is 2.58. The Morgan fingerprint density at radius 2 is 2.05 bits per heavy atom. The maximum atomic E-state index is 11.4. The van der Waals surface area contributed by atoms with Crippen LogP contribution >= 0.6 is 0 Å². The maximum Gasteiger partial charge on any atom is 0.322 e. The lowest BCUT2D eigenvalue weighted by molar-refractivity contribution is -0.140. The molecule has 0 saturated heterocycles. The van der Waals surface area contributed by atoms with Crippen molar-refractivity contribution in [1.82, 2.24) is 10.2 Å². The van der Waals surface area contributed by atoms with Crippen LogP contribution in [0.3, 0.4) is 0 Å². The number of nitrogens with one attached hydrogen (secondary N) is 1. The predicted molar refractivity (Wildman–Crippen MR) is 79.7 cm³/mol. The van der Waals surface area contributed by atoms with Crippen molar-refractivity contribution < 1.29 is 9.90 Å². The molecule has 1 aromatic rings. The van der Waals surface area contributed by atoms with Crippen molar-refractivity contribution in [2.24, 2.45) is 0 Å². The van der Waals surface area contributed by atoms with Gasteiger partial charge in [0.2, 0.25) is 0 Å². The van der Waals surface area contributed by atoms with Crippen molar-refractivity contribution >= 4 is 5.97 Å². The van der Waals surface area contributed by atoms with Crippen molar-refractivity contribution in [3.8, 4) is 0 Å². The topological polar surface area (TPSA) is 52.6 Å². The Labute approximate surface area is 120 Å². The lowest BCUT2D eigenvalue weighted by atomic mass is 10.0. The van der Waals surface area contributed by atoms with Gasteiger partial charge in [-0.2, -0.15) is 0 Å². The molecule has 2 N–H and O–H groups in total. The number of carbonyl (C=O) groups is 1. The van der Waals surface area contributed by atoms with Crippen LogP contribution in [-0.4, -0.2) is 41.1 Å². The number of rotatable bonds is 5. The van der Waals surface area contributed by atoms with E-state index in [-0.39, 0.29) is 6.04 Å². The van der Waals surface area contributed by atoms with Gasteiger partial charge in [-0.25, -0.2) is 0 Å². The number of carboxylic acid groups (broad SMARTS) is 1. The highest BCUT2D eigenvalue weighted by molar-refractivity contribution is 5.73. The number of carboxylic acids is 1. The van der Waals surface area contributed by atoms with Crippen LogP contribution in [0.2, 0.25) is 0 Å². The molecule has 0 aliphatic carbocycles. The van der Waals surface area contributed by atoms with Gasteiger partial charge in [0.15, 0.2) is 0 Å². The SMILES string of the molecule is CC(C)NC(CN1CCCc2ccccc2C1)C(=O)O. The molecular weight excluding hydrogens is 252 g/mol. The summed E-state index contributed by atoms with van der Waals surface area (Å²) in [4.78, 5) is 13.6. The van der Waals surface area contributed by atoms with E-state index < -0.39 is 12.0 Å². The number of fused-ring (bicyclic) bond motifs is 1. The molecule has 1 atom stereocenters. The maximum absolute atomic E-state index is 11.4. The van der Waals surface area contributed by atoms with Gasteiger partial charge in [-0.1, -0.05) is 38.1 Å². The Kier molecular flexibility index (Phi) is 5.15. The molecule has 20 heavy (non-hydrogen) atoms. The van der Waals surface area contributed by atoms with Gasteiger partial charge in [0, 0.05) is 19.1 Å². The minimum absolute atomic E-state index is 0.176. The summed E-state index contributed by atoms with van der Waals surface area (Å²) in [6.07, 6.45) is 2.17. The number of hydrogen-bond acceptors (Lipinski definition) is 3. The van der Waals surface area contributed by atoms with Crippen LogP contribution in [0.4, 0.5) is 0 Å². The van der Waals surface area contributed by atoms with Crippen molar-refractivity contribution in [2.75, 3.05) is 13.1 Å². The molecule has 110 valence electrons. The van der Waals surface area contributed by atoms with E-state index in [0.717, 1.165) is 25.9 Å². The second-order valence-electron chi connectivity index (χ2n) is 5.82. The Morgan fingerprint density at radius 1 is 1.35 bits per heavy atom. The van der Waals surface area contributed by atoms with Crippen LogP contribution in [0.15, 0.2) is 24.3 Å². The highest BCUT2D eigenvalue weighted by atomic mass is 16.4. The summed E-state index contributed by atoms with van der Waals surface area (Å²) in [7, 11) is 0. The van der Waals surface area contributed by atoms with Gasteiger partial charge in [-0.15, -0.1) is 0 Å². The fourth-order valence-corrected chi connectivity index (χ4v) is 2.79. The Hall–Kier alpha value is -1.39. The number of aliphatic carboxylic acids is 1. The lowest BCUT2D eigenvalue weighted by Crippen LogP contribution is -2.48. The molecule has 1 heterocycles. The molecule has 0 saturated carbocycles. The van der Waals surface area contributed by atoms with Crippen LogP contribution < -0.4 is 5.32 Å². The molecule has 1 aromatic carbocycles. The molecule has 1 aliphatic rings. The van der Waals surface area contributed by atoms with Crippen LogP contribution in [0, 0.1) is 0 Å². The third kappa shape index (κ3) is 4.05. The Bertz CT molecular complexity index is 460. The quantitative estimate of drug-likeness (QED) is 0.862. The van der Waals surface area contributed by atoms with Gasteiger partial charge < -0.3 is 10.4 Å². The number of hydrogen-bond donors (Lipinski definition) is 2. The fourth-order valence-electron chi connectivity index (χ4n) is 2.79. The first-order valence-corrected chi connectivity index (χ1v) is 7.34. The standard InChI is InChI=1S/C16H24N2O2/c1-12(2)17-15(16(19)20)11-18-9-5-8-13-6-3-4-7-14(13)10-18/h3-4,6-7,12,15,17H,5,8-11H2,1-2H3,(H,19,20). The zero-order valence-electron chi connectivity index (χ0n) is 12.3. The average molecular weight is 276 g/mol.